The summed E-state index contributed by atoms with van der Waals surface area (Å²) in [4.78, 5) is 31.9. The summed E-state index contributed by atoms with van der Waals surface area (Å²) >= 11 is 0. The first kappa shape index (κ1) is 18.7. The van der Waals surface area contributed by atoms with E-state index in [0.29, 0.717) is 24.8 Å². The molecule has 3 rings (SSSR count). The van der Waals surface area contributed by atoms with Crippen LogP contribution in [0, 0.1) is 11.8 Å². The van der Waals surface area contributed by atoms with Gasteiger partial charge in [0, 0.05) is 39.5 Å². The van der Waals surface area contributed by atoms with Gasteiger partial charge in [-0.05, 0) is 31.6 Å². The average molecular weight is 363 g/mol. The molecule has 0 radical (unpaired) electrons. The first-order valence-electron chi connectivity index (χ1n) is 9.54. The lowest BCUT2D eigenvalue weighted by atomic mass is 9.92. The van der Waals surface area contributed by atoms with Gasteiger partial charge in [-0.15, -0.1) is 0 Å². The van der Waals surface area contributed by atoms with Gasteiger partial charge in [0.05, 0.1) is 5.71 Å². The summed E-state index contributed by atoms with van der Waals surface area (Å²) in [5.74, 6) is 1.65. The number of aromatic nitrogens is 3. The second-order valence-corrected chi connectivity index (χ2v) is 7.57. The highest BCUT2D eigenvalue weighted by Crippen LogP contribution is 2.24. The topological polar surface area (TPSA) is 81.7 Å². The molecule has 0 unspecified atom stereocenters. The molecule has 0 spiro atoms. The lowest BCUT2D eigenvalue weighted by molar-refractivity contribution is -0.143. The number of oxime groups is 1. The van der Waals surface area contributed by atoms with Crippen molar-refractivity contribution >= 4 is 11.6 Å². The first-order chi connectivity index (χ1) is 12.4. The SMILES string of the molecule is CCn1c(CC2CCN(C(=O)[C@@H]3CC(C(C)C)=NO3)CC2)nn(C)c1=O. The average Bonchev–Trinajstić information content (AvgIpc) is 3.21. The van der Waals surface area contributed by atoms with Gasteiger partial charge >= 0.3 is 5.69 Å². The summed E-state index contributed by atoms with van der Waals surface area (Å²) in [6.45, 7) is 8.18. The smallest absolute Gasteiger partial charge is 0.345 e. The Morgan fingerprint density at radius 2 is 2.00 bits per heavy atom. The molecule has 26 heavy (non-hydrogen) atoms. The van der Waals surface area contributed by atoms with Crippen molar-refractivity contribution < 1.29 is 9.63 Å². The molecule has 0 aliphatic carbocycles. The van der Waals surface area contributed by atoms with E-state index in [-0.39, 0.29) is 11.6 Å². The van der Waals surface area contributed by atoms with E-state index in [1.54, 1.807) is 11.6 Å². The molecule has 0 N–H and O–H groups in total. The zero-order chi connectivity index (χ0) is 18.8. The van der Waals surface area contributed by atoms with E-state index in [1.165, 1.54) is 4.68 Å². The number of hydrogen-bond acceptors (Lipinski definition) is 5. The van der Waals surface area contributed by atoms with Crippen molar-refractivity contribution in [3.8, 4) is 0 Å². The van der Waals surface area contributed by atoms with Gasteiger partial charge in [0.2, 0.25) is 6.10 Å². The Morgan fingerprint density at radius 3 is 2.58 bits per heavy atom. The highest BCUT2D eigenvalue weighted by Gasteiger charge is 2.34. The fourth-order valence-corrected chi connectivity index (χ4v) is 3.71. The summed E-state index contributed by atoms with van der Waals surface area (Å²) in [7, 11) is 1.69. The largest absolute Gasteiger partial charge is 0.382 e. The van der Waals surface area contributed by atoms with Gasteiger partial charge in [-0.2, -0.15) is 5.10 Å². The predicted octanol–water partition coefficient (Wildman–Crippen LogP) is 1.18. The second kappa shape index (κ2) is 7.63. The molecular formula is C18H29N5O3. The van der Waals surface area contributed by atoms with Gasteiger partial charge in [0.1, 0.15) is 5.82 Å². The van der Waals surface area contributed by atoms with Crippen LogP contribution in [0.1, 0.15) is 45.9 Å². The van der Waals surface area contributed by atoms with Crippen molar-refractivity contribution in [1.29, 1.82) is 0 Å². The highest BCUT2D eigenvalue weighted by molar-refractivity contribution is 5.93. The van der Waals surface area contributed by atoms with E-state index < -0.39 is 6.10 Å². The van der Waals surface area contributed by atoms with Crippen LogP contribution < -0.4 is 5.69 Å². The molecule has 2 aliphatic rings. The molecule has 0 aromatic carbocycles. The van der Waals surface area contributed by atoms with Gasteiger partial charge in [-0.3, -0.25) is 9.36 Å². The Kier molecular flexibility index (Phi) is 5.48. The zero-order valence-corrected chi connectivity index (χ0v) is 16.1. The Labute approximate surface area is 153 Å². The van der Waals surface area contributed by atoms with Crippen LogP contribution in [-0.4, -0.2) is 50.1 Å². The van der Waals surface area contributed by atoms with Gasteiger partial charge in [0.25, 0.3) is 5.91 Å². The van der Waals surface area contributed by atoms with Crippen molar-refractivity contribution in [2.45, 2.75) is 59.1 Å². The molecule has 144 valence electrons. The standard InChI is InChI=1S/C18H29N5O3/c1-5-23-16(19-21(4)18(23)25)10-13-6-8-22(9-7-13)17(24)15-11-14(12(2)3)20-26-15/h12-13,15H,5-11H2,1-4H3/t15-/m0/s1. The quantitative estimate of drug-likeness (QED) is 0.787. The maximum absolute atomic E-state index is 12.6. The molecule has 1 amide bonds. The molecule has 3 heterocycles. The highest BCUT2D eigenvalue weighted by atomic mass is 16.6. The van der Waals surface area contributed by atoms with Crippen LogP contribution in [0.5, 0.6) is 0 Å². The number of amides is 1. The second-order valence-electron chi connectivity index (χ2n) is 7.57. The summed E-state index contributed by atoms with van der Waals surface area (Å²) in [6.07, 6.45) is 2.78. The lowest BCUT2D eigenvalue weighted by Gasteiger charge is -2.32. The summed E-state index contributed by atoms with van der Waals surface area (Å²) < 4.78 is 3.13. The van der Waals surface area contributed by atoms with E-state index >= 15 is 0 Å². The molecule has 1 aromatic heterocycles. The van der Waals surface area contributed by atoms with E-state index in [2.05, 4.69) is 24.1 Å². The number of piperidine rings is 1. The minimum Gasteiger partial charge on any atom is -0.382 e. The predicted molar refractivity (Wildman–Crippen MR) is 97.9 cm³/mol. The number of carbonyl (C=O) groups is 1. The number of rotatable bonds is 5. The minimum atomic E-state index is -0.454. The van der Waals surface area contributed by atoms with Crippen LogP contribution in [0.15, 0.2) is 9.95 Å². The number of aryl methyl sites for hydroxylation is 1. The maximum Gasteiger partial charge on any atom is 0.345 e. The maximum atomic E-state index is 12.6. The Balaban J connectivity index is 1.53. The van der Waals surface area contributed by atoms with Gasteiger partial charge in [-0.25, -0.2) is 9.48 Å². The molecule has 0 bridgehead atoms. The van der Waals surface area contributed by atoms with Crippen molar-refractivity contribution in [2.75, 3.05) is 13.1 Å². The van der Waals surface area contributed by atoms with E-state index in [1.807, 2.05) is 11.8 Å². The minimum absolute atomic E-state index is 0.0474. The molecule has 2 aliphatic heterocycles. The van der Waals surface area contributed by atoms with E-state index in [4.69, 9.17) is 4.84 Å². The fourth-order valence-electron chi connectivity index (χ4n) is 3.71. The molecule has 1 atom stereocenters. The molecule has 0 saturated carbocycles. The third-order valence-corrected chi connectivity index (χ3v) is 5.43. The number of carbonyl (C=O) groups excluding carboxylic acids is 1. The summed E-state index contributed by atoms with van der Waals surface area (Å²) in [5.41, 5.74) is 0.903. The Bertz CT molecular complexity index is 740. The van der Waals surface area contributed by atoms with Crippen molar-refractivity contribution in [3.05, 3.63) is 16.3 Å². The van der Waals surface area contributed by atoms with Crippen LogP contribution in [0.2, 0.25) is 0 Å². The van der Waals surface area contributed by atoms with Gasteiger partial charge in [0.15, 0.2) is 0 Å². The van der Waals surface area contributed by atoms with Gasteiger partial charge < -0.3 is 9.74 Å². The third kappa shape index (κ3) is 3.68. The molecule has 1 aromatic rings. The summed E-state index contributed by atoms with van der Waals surface area (Å²) in [6, 6.07) is 0. The molecular weight excluding hydrogens is 334 g/mol. The monoisotopic (exact) mass is 363 g/mol. The van der Waals surface area contributed by atoms with E-state index in [9.17, 15) is 9.59 Å². The lowest BCUT2D eigenvalue weighted by Crippen LogP contribution is -2.44. The van der Waals surface area contributed by atoms with Crippen LogP contribution in [0.25, 0.3) is 0 Å². The molecule has 8 heteroatoms. The van der Waals surface area contributed by atoms with Crippen molar-refractivity contribution in [3.63, 3.8) is 0 Å². The van der Waals surface area contributed by atoms with Crippen LogP contribution in [0.4, 0.5) is 0 Å². The van der Waals surface area contributed by atoms with E-state index in [0.717, 1.165) is 43.9 Å². The van der Waals surface area contributed by atoms with Crippen molar-refractivity contribution in [1.82, 2.24) is 19.2 Å². The number of likely N-dealkylation sites (tertiary alicyclic amines) is 1. The fraction of sp³-hybridized carbons (Fsp3) is 0.778. The normalized spacial score (nSPS) is 21.2. The molecule has 1 fully saturated rings. The first-order valence-corrected chi connectivity index (χ1v) is 9.54. The zero-order valence-electron chi connectivity index (χ0n) is 16.1. The third-order valence-electron chi connectivity index (χ3n) is 5.43. The van der Waals surface area contributed by atoms with Crippen LogP contribution >= 0.6 is 0 Å². The molecule has 8 nitrogen and oxygen atoms in total. The van der Waals surface area contributed by atoms with Crippen LogP contribution in [0.3, 0.4) is 0 Å². The Hall–Kier alpha value is -2.12. The summed E-state index contributed by atoms with van der Waals surface area (Å²) in [5, 5.41) is 8.43. The number of nitrogens with zero attached hydrogens (tertiary/aromatic N) is 5. The molecule has 1 saturated heterocycles. The van der Waals surface area contributed by atoms with Gasteiger partial charge in [-0.1, -0.05) is 19.0 Å². The van der Waals surface area contributed by atoms with Crippen molar-refractivity contribution in [2.24, 2.45) is 24.0 Å². The Morgan fingerprint density at radius 1 is 1.31 bits per heavy atom. The number of hydrogen-bond donors (Lipinski definition) is 0. The van der Waals surface area contributed by atoms with Crippen LogP contribution in [-0.2, 0) is 29.6 Å².